The van der Waals surface area contributed by atoms with Gasteiger partial charge in [-0.05, 0) is 30.7 Å². The first-order chi connectivity index (χ1) is 10.2. The van der Waals surface area contributed by atoms with Crippen LogP contribution in [0.5, 0.6) is 5.75 Å². The molecule has 0 bridgehead atoms. The summed E-state index contributed by atoms with van der Waals surface area (Å²) in [6, 6.07) is 6.66. The maximum atomic E-state index is 11.6. The minimum absolute atomic E-state index is 0.0172. The standard InChI is InChI=1S/C15H23N3O3/c1-2-3-4-5-10-17-14(19)11-21-13-8-6-12(7-9-13)15(16)18-20/h6-9,20H,2-5,10-11H2,1H3,(H2,16,18)(H,17,19). The molecule has 6 heteroatoms. The number of rotatable bonds is 9. The Balaban J connectivity index is 2.26. The Hall–Kier alpha value is -2.24. The highest BCUT2D eigenvalue weighted by atomic mass is 16.5. The van der Waals surface area contributed by atoms with Crippen molar-refractivity contribution in [3.05, 3.63) is 29.8 Å². The summed E-state index contributed by atoms with van der Waals surface area (Å²) >= 11 is 0. The summed E-state index contributed by atoms with van der Waals surface area (Å²) < 4.78 is 5.36. The van der Waals surface area contributed by atoms with Crippen molar-refractivity contribution in [3.8, 4) is 5.75 Å². The van der Waals surface area contributed by atoms with Crippen LogP contribution in [0.15, 0.2) is 29.4 Å². The van der Waals surface area contributed by atoms with Crippen LogP contribution in [0.25, 0.3) is 0 Å². The van der Waals surface area contributed by atoms with Gasteiger partial charge in [-0.2, -0.15) is 0 Å². The van der Waals surface area contributed by atoms with Crippen molar-refractivity contribution < 1.29 is 14.7 Å². The largest absolute Gasteiger partial charge is 0.484 e. The minimum Gasteiger partial charge on any atom is -0.484 e. The molecule has 1 aromatic rings. The molecule has 0 unspecified atom stereocenters. The van der Waals surface area contributed by atoms with E-state index in [0.29, 0.717) is 17.9 Å². The van der Waals surface area contributed by atoms with Crippen LogP contribution in [0.2, 0.25) is 0 Å². The van der Waals surface area contributed by atoms with Crippen molar-refractivity contribution in [2.75, 3.05) is 13.2 Å². The topological polar surface area (TPSA) is 96.9 Å². The first-order valence-corrected chi connectivity index (χ1v) is 7.14. The zero-order valence-electron chi connectivity index (χ0n) is 12.3. The maximum Gasteiger partial charge on any atom is 0.257 e. The molecule has 0 saturated heterocycles. The lowest BCUT2D eigenvalue weighted by Gasteiger charge is -2.08. The quantitative estimate of drug-likeness (QED) is 0.213. The van der Waals surface area contributed by atoms with E-state index in [4.69, 9.17) is 15.7 Å². The minimum atomic E-state index is -0.132. The normalized spacial score (nSPS) is 11.2. The highest BCUT2D eigenvalue weighted by Crippen LogP contribution is 2.11. The molecule has 0 aliphatic rings. The van der Waals surface area contributed by atoms with Crippen LogP contribution in [-0.4, -0.2) is 30.1 Å². The van der Waals surface area contributed by atoms with Gasteiger partial charge < -0.3 is 21.0 Å². The zero-order chi connectivity index (χ0) is 15.5. The predicted octanol–water partition coefficient (Wildman–Crippen LogP) is 1.86. The number of oxime groups is 1. The number of amidine groups is 1. The Kier molecular flexibility index (Phi) is 7.71. The molecule has 0 aromatic heterocycles. The summed E-state index contributed by atoms with van der Waals surface area (Å²) in [5.74, 6) is 0.462. The SMILES string of the molecule is CCCCCCNC(=O)COc1ccc(C(N)=NO)cc1. The van der Waals surface area contributed by atoms with Gasteiger partial charge in [0.2, 0.25) is 0 Å². The summed E-state index contributed by atoms with van der Waals surface area (Å²) in [5, 5.41) is 14.3. The van der Waals surface area contributed by atoms with Crippen LogP contribution in [0, 0.1) is 0 Å². The van der Waals surface area contributed by atoms with E-state index in [1.807, 2.05) is 0 Å². The molecule has 21 heavy (non-hydrogen) atoms. The van der Waals surface area contributed by atoms with E-state index >= 15 is 0 Å². The zero-order valence-corrected chi connectivity index (χ0v) is 12.3. The van der Waals surface area contributed by atoms with Crippen molar-refractivity contribution in [2.45, 2.75) is 32.6 Å². The monoisotopic (exact) mass is 293 g/mol. The number of carbonyl (C=O) groups excluding carboxylic acids is 1. The van der Waals surface area contributed by atoms with Gasteiger partial charge in [-0.15, -0.1) is 0 Å². The van der Waals surface area contributed by atoms with Crippen molar-refractivity contribution in [2.24, 2.45) is 10.9 Å². The van der Waals surface area contributed by atoms with Crippen LogP contribution in [-0.2, 0) is 4.79 Å². The van der Waals surface area contributed by atoms with Crippen LogP contribution in [0.3, 0.4) is 0 Å². The maximum absolute atomic E-state index is 11.6. The van der Waals surface area contributed by atoms with Gasteiger partial charge in [-0.3, -0.25) is 4.79 Å². The second kappa shape index (κ2) is 9.63. The van der Waals surface area contributed by atoms with Crippen LogP contribution in [0.1, 0.15) is 38.2 Å². The van der Waals surface area contributed by atoms with Gasteiger partial charge in [-0.1, -0.05) is 31.3 Å². The number of hydrogen-bond acceptors (Lipinski definition) is 4. The van der Waals surface area contributed by atoms with Gasteiger partial charge in [-0.25, -0.2) is 0 Å². The van der Waals surface area contributed by atoms with E-state index in [1.54, 1.807) is 24.3 Å². The Morgan fingerprint density at radius 3 is 2.62 bits per heavy atom. The lowest BCUT2D eigenvalue weighted by atomic mass is 10.2. The van der Waals surface area contributed by atoms with Crippen molar-refractivity contribution in [1.82, 2.24) is 5.32 Å². The fourth-order valence-electron chi connectivity index (χ4n) is 1.76. The molecule has 0 heterocycles. The highest BCUT2D eigenvalue weighted by Gasteiger charge is 2.03. The number of nitrogens with zero attached hydrogens (tertiary/aromatic N) is 1. The number of unbranched alkanes of at least 4 members (excludes halogenated alkanes) is 3. The van der Waals surface area contributed by atoms with Crippen molar-refractivity contribution >= 4 is 11.7 Å². The Morgan fingerprint density at radius 2 is 2.00 bits per heavy atom. The summed E-state index contributed by atoms with van der Waals surface area (Å²) in [7, 11) is 0. The average Bonchev–Trinajstić information content (AvgIpc) is 2.52. The summed E-state index contributed by atoms with van der Waals surface area (Å²) in [6.07, 6.45) is 4.50. The van der Waals surface area contributed by atoms with Crippen LogP contribution < -0.4 is 15.8 Å². The lowest BCUT2D eigenvalue weighted by Crippen LogP contribution is -2.29. The van der Waals surface area contributed by atoms with Crippen LogP contribution >= 0.6 is 0 Å². The molecule has 1 amide bonds. The van der Waals surface area contributed by atoms with Gasteiger partial charge in [0.25, 0.3) is 5.91 Å². The molecule has 0 saturated carbocycles. The number of ether oxygens (including phenoxy) is 1. The number of hydrogen-bond donors (Lipinski definition) is 3. The van der Waals surface area contributed by atoms with Crippen molar-refractivity contribution in [3.63, 3.8) is 0 Å². The average molecular weight is 293 g/mol. The summed E-state index contributed by atoms with van der Waals surface area (Å²) in [6.45, 7) is 2.82. The van der Waals surface area contributed by atoms with Crippen molar-refractivity contribution in [1.29, 1.82) is 0 Å². The number of carbonyl (C=O) groups is 1. The number of nitrogens with one attached hydrogen (secondary N) is 1. The first kappa shape index (κ1) is 16.8. The third kappa shape index (κ3) is 6.65. The Morgan fingerprint density at radius 1 is 1.29 bits per heavy atom. The van der Waals surface area contributed by atoms with Gasteiger partial charge >= 0.3 is 0 Å². The fourth-order valence-corrected chi connectivity index (χ4v) is 1.76. The summed E-state index contributed by atoms with van der Waals surface area (Å²) in [5.41, 5.74) is 6.04. The van der Waals surface area contributed by atoms with Gasteiger partial charge in [0, 0.05) is 12.1 Å². The smallest absolute Gasteiger partial charge is 0.257 e. The molecular formula is C15H23N3O3. The molecule has 1 aromatic carbocycles. The molecule has 0 atom stereocenters. The van der Waals surface area contributed by atoms with Gasteiger partial charge in [0.15, 0.2) is 12.4 Å². The third-order valence-corrected chi connectivity index (χ3v) is 2.98. The van der Waals surface area contributed by atoms with Gasteiger partial charge in [0.1, 0.15) is 5.75 Å². The molecular weight excluding hydrogens is 270 g/mol. The second-order valence-corrected chi connectivity index (χ2v) is 4.71. The lowest BCUT2D eigenvalue weighted by molar-refractivity contribution is -0.123. The van der Waals surface area contributed by atoms with E-state index < -0.39 is 0 Å². The van der Waals surface area contributed by atoms with Crippen LogP contribution in [0.4, 0.5) is 0 Å². The Labute approximate surface area is 125 Å². The van der Waals surface area contributed by atoms with E-state index in [0.717, 1.165) is 12.8 Å². The molecule has 0 fully saturated rings. The van der Waals surface area contributed by atoms with E-state index in [-0.39, 0.29) is 18.3 Å². The van der Waals surface area contributed by atoms with E-state index in [2.05, 4.69) is 17.4 Å². The number of amides is 1. The highest BCUT2D eigenvalue weighted by molar-refractivity contribution is 5.97. The molecule has 1 rings (SSSR count). The van der Waals surface area contributed by atoms with Gasteiger partial charge in [0.05, 0.1) is 0 Å². The third-order valence-electron chi connectivity index (χ3n) is 2.98. The number of nitrogens with two attached hydrogens (primary N) is 1. The predicted molar refractivity (Wildman–Crippen MR) is 81.6 cm³/mol. The first-order valence-electron chi connectivity index (χ1n) is 7.14. The second-order valence-electron chi connectivity index (χ2n) is 4.71. The Bertz CT molecular complexity index is 458. The molecule has 0 radical (unpaired) electrons. The molecule has 6 nitrogen and oxygen atoms in total. The fraction of sp³-hybridized carbons (Fsp3) is 0.467. The summed E-state index contributed by atoms with van der Waals surface area (Å²) in [4.78, 5) is 11.6. The van der Waals surface area contributed by atoms with E-state index in [1.165, 1.54) is 12.8 Å². The molecule has 0 aliphatic carbocycles. The molecule has 4 N–H and O–H groups in total. The molecule has 116 valence electrons. The molecule has 0 aliphatic heterocycles. The number of benzene rings is 1. The molecule has 0 spiro atoms. The van der Waals surface area contributed by atoms with E-state index in [9.17, 15) is 4.79 Å².